The van der Waals surface area contributed by atoms with Crippen LogP contribution in [0.3, 0.4) is 0 Å². The van der Waals surface area contributed by atoms with Crippen LogP contribution in [-0.2, 0) is 6.42 Å². The number of allylic oxidation sites excluding steroid dienone is 1. The van der Waals surface area contributed by atoms with Crippen LogP contribution in [0.2, 0.25) is 5.02 Å². The molecule has 0 saturated carbocycles. The van der Waals surface area contributed by atoms with Gasteiger partial charge in [0, 0.05) is 11.1 Å². The Morgan fingerprint density at radius 3 is 2.53 bits per heavy atom. The van der Waals surface area contributed by atoms with Gasteiger partial charge in [0.05, 0.1) is 0 Å². The van der Waals surface area contributed by atoms with Crippen molar-refractivity contribution in [3.8, 4) is 0 Å². The molecule has 0 aliphatic heterocycles. The molecule has 1 unspecified atom stereocenters. The zero-order valence-electron chi connectivity index (χ0n) is 9.17. The van der Waals surface area contributed by atoms with E-state index < -0.39 is 0 Å². The molecule has 0 aliphatic carbocycles. The molecular weight excluding hydrogens is 206 g/mol. The van der Waals surface area contributed by atoms with Crippen molar-refractivity contribution >= 4 is 11.6 Å². The molecule has 0 aliphatic rings. The number of rotatable bonds is 5. The smallest absolute Gasteiger partial charge is 0.0406 e. The SMILES string of the molecule is C=C(C)CCC(N)Cc1ccc(Cl)cc1. The van der Waals surface area contributed by atoms with Crippen LogP contribution in [0.4, 0.5) is 0 Å². The van der Waals surface area contributed by atoms with Crippen LogP contribution in [0, 0.1) is 0 Å². The molecule has 1 atom stereocenters. The lowest BCUT2D eigenvalue weighted by molar-refractivity contribution is 0.609. The van der Waals surface area contributed by atoms with E-state index in [-0.39, 0.29) is 6.04 Å². The van der Waals surface area contributed by atoms with Gasteiger partial charge in [-0.15, -0.1) is 6.58 Å². The third-order valence-electron chi connectivity index (χ3n) is 2.35. The second-order valence-corrected chi connectivity index (χ2v) is 4.52. The van der Waals surface area contributed by atoms with Crippen LogP contribution in [0.25, 0.3) is 0 Å². The minimum absolute atomic E-state index is 0.211. The first-order valence-corrected chi connectivity index (χ1v) is 5.60. The summed E-state index contributed by atoms with van der Waals surface area (Å²) in [5.41, 5.74) is 8.46. The maximum absolute atomic E-state index is 6.02. The zero-order chi connectivity index (χ0) is 11.3. The van der Waals surface area contributed by atoms with Gasteiger partial charge in [-0.3, -0.25) is 0 Å². The van der Waals surface area contributed by atoms with Crippen molar-refractivity contribution in [2.45, 2.75) is 32.2 Å². The first-order chi connectivity index (χ1) is 7.08. The van der Waals surface area contributed by atoms with E-state index in [1.807, 2.05) is 31.2 Å². The largest absolute Gasteiger partial charge is 0.327 e. The summed E-state index contributed by atoms with van der Waals surface area (Å²) >= 11 is 5.81. The fraction of sp³-hybridized carbons (Fsp3) is 0.385. The van der Waals surface area contributed by atoms with E-state index in [1.54, 1.807) is 0 Å². The van der Waals surface area contributed by atoms with E-state index >= 15 is 0 Å². The molecule has 2 heteroatoms. The highest BCUT2D eigenvalue weighted by Crippen LogP contribution is 2.12. The lowest BCUT2D eigenvalue weighted by Gasteiger charge is -2.11. The molecule has 1 aromatic rings. The average molecular weight is 224 g/mol. The van der Waals surface area contributed by atoms with E-state index in [4.69, 9.17) is 17.3 Å². The molecule has 82 valence electrons. The van der Waals surface area contributed by atoms with E-state index in [9.17, 15) is 0 Å². The van der Waals surface area contributed by atoms with Gasteiger partial charge in [0.25, 0.3) is 0 Å². The Hall–Kier alpha value is -0.790. The quantitative estimate of drug-likeness (QED) is 0.759. The highest BCUT2D eigenvalue weighted by molar-refractivity contribution is 6.30. The van der Waals surface area contributed by atoms with Crippen molar-refractivity contribution < 1.29 is 0 Å². The van der Waals surface area contributed by atoms with Gasteiger partial charge in [-0.25, -0.2) is 0 Å². The molecule has 0 fully saturated rings. The normalized spacial score (nSPS) is 12.5. The molecule has 0 aromatic heterocycles. The molecule has 1 aromatic carbocycles. The lowest BCUT2D eigenvalue weighted by Crippen LogP contribution is -2.22. The second-order valence-electron chi connectivity index (χ2n) is 4.09. The lowest BCUT2D eigenvalue weighted by atomic mass is 10.0. The highest BCUT2D eigenvalue weighted by Gasteiger charge is 2.03. The molecule has 0 radical (unpaired) electrons. The summed E-state index contributed by atoms with van der Waals surface area (Å²) in [6, 6.07) is 8.08. The predicted molar refractivity (Wildman–Crippen MR) is 67.2 cm³/mol. The van der Waals surface area contributed by atoms with Gasteiger partial charge in [0.15, 0.2) is 0 Å². The number of hydrogen-bond donors (Lipinski definition) is 1. The summed E-state index contributed by atoms with van der Waals surface area (Å²) in [6.07, 6.45) is 2.91. The van der Waals surface area contributed by atoms with Crippen molar-refractivity contribution in [1.29, 1.82) is 0 Å². The number of benzene rings is 1. The van der Waals surface area contributed by atoms with Gasteiger partial charge in [-0.2, -0.15) is 0 Å². The van der Waals surface area contributed by atoms with E-state index in [0.717, 1.165) is 24.3 Å². The van der Waals surface area contributed by atoms with Crippen LogP contribution in [0.5, 0.6) is 0 Å². The van der Waals surface area contributed by atoms with Gasteiger partial charge < -0.3 is 5.73 Å². The van der Waals surface area contributed by atoms with Gasteiger partial charge in [0.1, 0.15) is 0 Å². The van der Waals surface area contributed by atoms with Crippen molar-refractivity contribution in [3.05, 3.63) is 47.0 Å². The van der Waals surface area contributed by atoms with Crippen molar-refractivity contribution in [2.75, 3.05) is 0 Å². The van der Waals surface area contributed by atoms with Crippen LogP contribution in [0.15, 0.2) is 36.4 Å². The fourth-order valence-corrected chi connectivity index (χ4v) is 1.58. The van der Waals surface area contributed by atoms with Crippen LogP contribution in [-0.4, -0.2) is 6.04 Å². The Balaban J connectivity index is 2.40. The zero-order valence-corrected chi connectivity index (χ0v) is 9.93. The van der Waals surface area contributed by atoms with E-state index in [1.165, 1.54) is 11.1 Å². The first-order valence-electron chi connectivity index (χ1n) is 5.22. The van der Waals surface area contributed by atoms with Crippen LogP contribution < -0.4 is 5.73 Å². The minimum Gasteiger partial charge on any atom is -0.327 e. The fourth-order valence-electron chi connectivity index (χ4n) is 1.46. The van der Waals surface area contributed by atoms with Gasteiger partial charge in [0.2, 0.25) is 0 Å². The average Bonchev–Trinajstić information content (AvgIpc) is 2.19. The number of halogens is 1. The molecular formula is C13H18ClN. The summed E-state index contributed by atoms with van der Waals surface area (Å²) in [5, 5.41) is 0.772. The maximum atomic E-state index is 6.02. The minimum atomic E-state index is 0.211. The Bertz CT molecular complexity index is 316. The Labute approximate surface area is 96.9 Å². The summed E-state index contributed by atoms with van der Waals surface area (Å²) in [7, 11) is 0. The molecule has 0 saturated heterocycles. The molecule has 2 N–H and O–H groups in total. The van der Waals surface area contributed by atoms with Crippen molar-refractivity contribution in [2.24, 2.45) is 5.73 Å². The standard InChI is InChI=1S/C13H18ClN/c1-10(2)3-8-13(15)9-11-4-6-12(14)7-5-11/h4-7,13H,1,3,8-9,15H2,2H3. The van der Waals surface area contributed by atoms with E-state index in [0.29, 0.717) is 0 Å². The Morgan fingerprint density at radius 2 is 2.00 bits per heavy atom. The van der Waals surface area contributed by atoms with E-state index in [2.05, 4.69) is 6.58 Å². The molecule has 1 rings (SSSR count). The number of hydrogen-bond acceptors (Lipinski definition) is 1. The maximum Gasteiger partial charge on any atom is 0.0406 e. The van der Waals surface area contributed by atoms with Crippen LogP contribution >= 0.6 is 11.6 Å². The van der Waals surface area contributed by atoms with Crippen molar-refractivity contribution in [1.82, 2.24) is 0 Å². The topological polar surface area (TPSA) is 26.0 Å². The predicted octanol–water partition coefficient (Wildman–Crippen LogP) is 3.57. The molecule has 0 spiro atoms. The number of nitrogens with two attached hydrogens (primary N) is 1. The summed E-state index contributed by atoms with van der Waals surface area (Å²) in [6.45, 7) is 5.91. The molecule has 0 amide bonds. The van der Waals surface area contributed by atoms with Crippen molar-refractivity contribution in [3.63, 3.8) is 0 Å². The molecule has 15 heavy (non-hydrogen) atoms. The van der Waals surface area contributed by atoms with Gasteiger partial charge in [-0.05, 0) is 43.9 Å². The third kappa shape index (κ3) is 5.01. The molecule has 0 heterocycles. The summed E-state index contributed by atoms with van der Waals surface area (Å²) in [4.78, 5) is 0. The third-order valence-corrected chi connectivity index (χ3v) is 2.61. The monoisotopic (exact) mass is 223 g/mol. The Kier molecular flexibility index (Phi) is 4.86. The Morgan fingerprint density at radius 1 is 1.40 bits per heavy atom. The second kappa shape index (κ2) is 5.94. The van der Waals surface area contributed by atoms with Crippen LogP contribution in [0.1, 0.15) is 25.3 Å². The van der Waals surface area contributed by atoms with Gasteiger partial charge >= 0.3 is 0 Å². The highest BCUT2D eigenvalue weighted by atomic mass is 35.5. The first kappa shape index (κ1) is 12.3. The molecule has 1 nitrogen and oxygen atoms in total. The van der Waals surface area contributed by atoms with Gasteiger partial charge in [-0.1, -0.05) is 29.3 Å². The summed E-state index contributed by atoms with van der Waals surface area (Å²) < 4.78 is 0. The molecule has 0 bridgehead atoms. The summed E-state index contributed by atoms with van der Waals surface area (Å²) in [5.74, 6) is 0.